The maximum atomic E-state index is 13.9. The Hall–Kier alpha value is -1.01. The van der Waals surface area contributed by atoms with Crippen molar-refractivity contribution in [1.29, 1.82) is 0 Å². The van der Waals surface area contributed by atoms with Crippen molar-refractivity contribution in [2.45, 2.75) is 19.3 Å². The molecule has 2 N–H and O–H groups in total. The Kier molecular flexibility index (Phi) is 3.30. The third kappa shape index (κ3) is 2.03. The van der Waals surface area contributed by atoms with E-state index < -0.39 is 0 Å². The second-order valence-electron chi connectivity index (χ2n) is 4.29. The van der Waals surface area contributed by atoms with Crippen LogP contribution in [0.3, 0.4) is 0 Å². The SMILES string of the molecule is NCc1sc2cccc(F)c2c1COC1COC1. The molecule has 1 aromatic heterocycles. The molecule has 96 valence electrons. The van der Waals surface area contributed by atoms with Gasteiger partial charge in [-0.25, -0.2) is 4.39 Å². The number of hydrogen-bond acceptors (Lipinski definition) is 4. The lowest BCUT2D eigenvalue weighted by molar-refractivity contribution is -0.135. The summed E-state index contributed by atoms with van der Waals surface area (Å²) in [6.45, 7) is 2.07. The molecule has 1 saturated heterocycles. The molecule has 3 rings (SSSR count). The molecule has 0 aliphatic carbocycles. The predicted octanol–water partition coefficient (Wildman–Crippen LogP) is 2.41. The number of halogens is 1. The Labute approximate surface area is 108 Å². The Morgan fingerprint density at radius 1 is 1.44 bits per heavy atom. The van der Waals surface area contributed by atoms with E-state index in [1.807, 2.05) is 6.07 Å². The number of nitrogens with two attached hydrogens (primary N) is 1. The van der Waals surface area contributed by atoms with Crippen molar-refractivity contribution >= 4 is 21.4 Å². The average Bonchev–Trinajstić information content (AvgIpc) is 2.67. The lowest BCUT2D eigenvalue weighted by Gasteiger charge is -2.26. The van der Waals surface area contributed by atoms with Gasteiger partial charge >= 0.3 is 0 Å². The molecule has 18 heavy (non-hydrogen) atoms. The highest BCUT2D eigenvalue weighted by Gasteiger charge is 2.21. The van der Waals surface area contributed by atoms with Crippen molar-refractivity contribution in [3.8, 4) is 0 Å². The van der Waals surface area contributed by atoms with Crippen LogP contribution in [0.2, 0.25) is 0 Å². The Morgan fingerprint density at radius 3 is 2.94 bits per heavy atom. The first kappa shape index (κ1) is 12.0. The maximum Gasteiger partial charge on any atom is 0.132 e. The summed E-state index contributed by atoms with van der Waals surface area (Å²) in [5.41, 5.74) is 6.62. The van der Waals surface area contributed by atoms with Gasteiger partial charge in [-0.1, -0.05) is 6.07 Å². The fourth-order valence-electron chi connectivity index (χ4n) is 2.05. The smallest absolute Gasteiger partial charge is 0.132 e. The fraction of sp³-hybridized carbons (Fsp3) is 0.385. The third-order valence-electron chi connectivity index (χ3n) is 3.10. The van der Waals surface area contributed by atoms with Gasteiger partial charge in [-0.3, -0.25) is 0 Å². The highest BCUT2D eigenvalue weighted by atomic mass is 32.1. The van der Waals surface area contributed by atoms with Crippen molar-refractivity contribution in [3.05, 3.63) is 34.5 Å². The summed E-state index contributed by atoms with van der Waals surface area (Å²) in [6.07, 6.45) is 0.136. The second-order valence-corrected chi connectivity index (χ2v) is 5.43. The molecule has 0 amide bonds. The molecule has 2 aromatic rings. The molecule has 0 spiro atoms. The van der Waals surface area contributed by atoms with Gasteiger partial charge in [-0.2, -0.15) is 0 Å². The zero-order valence-electron chi connectivity index (χ0n) is 9.82. The Bertz CT molecular complexity index is 565. The molecule has 1 aliphatic heterocycles. The molecule has 1 fully saturated rings. The first-order chi connectivity index (χ1) is 8.79. The number of benzene rings is 1. The van der Waals surface area contributed by atoms with E-state index in [1.54, 1.807) is 6.07 Å². The van der Waals surface area contributed by atoms with Gasteiger partial charge in [0.05, 0.1) is 19.8 Å². The number of fused-ring (bicyclic) bond motifs is 1. The standard InChI is InChI=1S/C13H14FNO2S/c14-10-2-1-3-11-13(10)9(12(4-15)18-11)7-17-8-5-16-6-8/h1-3,8H,4-7,15H2. The monoisotopic (exact) mass is 267 g/mol. The van der Waals surface area contributed by atoms with Crippen LogP contribution in [0.4, 0.5) is 4.39 Å². The van der Waals surface area contributed by atoms with Crippen molar-refractivity contribution in [2.24, 2.45) is 5.73 Å². The number of hydrogen-bond donors (Lipinski definition) is 1. The van der Waals surface area contributed by atoms with E-state index in [4.69, 9.17) is 15.2 Å². The van der Waals surface area contributed by atoms with E-state index >= 15 is 0 Å². The van der Waals surface area contributed by atoms with Crippen LogP contribution in [0.5, 0.6) is 0 Å². The van der Waals surface area contributed by atoms with Crippen LogP contribution in [0.1, 0.15) is 10.4 Å². The van der Waals surface area contributed by atoms with E-state index in [1.165, 1.54) is 17.4 Å². The molecule has 5 heteroatoms. The van der Waals surface area contributed by atoms with Crippen LogP contribution >= 0.6 is 11.3 Å². The van der Waals surface area contributed by atoms with Gasteiger partial charge in [0.15, 0.2) is 0 Å². The molecule has 0 saturated carbocycles. The topological polar surface area (TPSA) is 44.5 Å². The molecule has 1 aliphatic rings. The van der Waals surface area contributed by atoms with Crippen molar-refractivity contribution in [3.63, 3.8) is 0 Å². The van der Waals surface area contributed by atoms with Crippen molar-refractivity contribution in [1.82, 2.24) is 0 Å². The number of rotatable bonds is 4. The molecule has 2 heterocycles. The van der Waals surface area contributed by atoms with E-state index in [2.05, 4.69) is 0 Å². The van der Waals surface area contributed by atoms with Gasteiger partial charge < -0.3 is 15.2 Å². The molecule has 0 radical (unpaired) electrons. The molecule has 0 unspecified atom stereocenters. The molecule has 3 nitrogen and oxygen atoms in total. The van der Waals surface area contributed by atoms with E-state index in [9.17, 15) is 4.39 Å². The summed E-state index contributed by atoms with van der Waals surface area (Å²) in [4.78, 5) is 0.996. The minimum Gasteiger partial charge on any atom is -0.376 e. The lowest BCUT2D eigenvalue weighted by atomic mass is 10.1. The summed E-state index contributed by atoms with van der Waals surface area (Å²) in [5, 5.41) is 0.656. The van der Waals surface area contributed by atoms with Crippen molar-refractivity contribution < 1.29 is 13.9 Å². The zero-order valence-corrected chi connectivity index (χ0v) is 10.6. The highest BCUT2D eigenvalue weighted by molar-refractivity contribution is 7.19. The average molecular weight is 267 g/mol. The van der Waals surface area contributed by atoms with Crippen LogP contribution in [0, 0.1) is 5.82 Å². The van der Waals surface area contributed by atoms with Crippen LogP contribution in [-0.4, -0.2) is 19.3 Å². The summed E-state index contributed by atoms with van der Waals surface area (Å²) in [7, 11) is 0. The highest BCUT2D eigenvalue weighted by Crippen LogP contribution is 2.33. The first-order valence-electron chi connectivity index (χ1n) is 5.87. The van der Waals surface area contributed by atoms with Gasteiger partial charge in [0.2, 0.25) is 0 Å². The normalized spacial score (nSPS) is 16.1. The fourth-order valence-corrected chi connectivity index (χ4v) is 3.15. The van der Waals surface area contributed by atoms with Crippen LogP contribution in [-0.2, 0) is 22.6 Å². The molecule has 0 bridgehead atoms. The van der Waals surface area contributed by atoms with E-state index in [0.717, 1.165) is 15.1 Å². The van der Waals surface area contributed by atoms with E-state index in [0.29, 0.717) is 31.8 Å². The predicted molar refractivity (Wildman–Crippen MR) is 69.1 cm³/mol. The van der Waals surface area contributed by atoms with Gasteiger partial charge in [-0.15, -0.1) is 11.3 Å². The molecular formula is C13H14FNO2S. The number of thiophene rings is 1. The van der Waals surface area contributed by atoms with Crippen molar-refractivity contribution in [2.75, 3.05) is 13.2 Å². The largest absolute Gasteiger partial charge is 0.376 e. The van der Waals surface area contributed by atoms with Gasteiger partial charge in [-0.05, 0) is 12.1 Å². The minimum atomic E-state index is -0.202. The van der Waals surface area contributed by atoms with E-state index in [-0.39, 0.29) is 11.9 Å². The van der Waals surface area contributed by atoms with Gasteiger partial charge in [0.25, 0.3) is 0 Å². The summed E-state index contributed by atoms with van der Waals surface area (Å²) < 4.78 is 25.6. The maximum absolute atomic E-state index is 13.9. The van der Waals surface area contributed by atoms with Crippen LogP contribution in [0.15, 0.2) is 18.2 Å². The Balaban J connectivity index is 1.95. The first-order valence-corrected chi connectivity index (χ1v) is 6.69. The molecule has 1 aromatic carbocycles. The quantitative estimate of drug-likeness (QED) is 0.925. The van der Waals surface area contributed by atoms with Crippen LogP contribution in [0.25, 0.3) is 10.1 Å². The third-order valence-corrected chi connectivity index (χ3v) is 4.32. The van der Waals surface area contributed by atoms with Gasteiger partial charge in [0.1, 0.15) is 11.9 Å². The lowest BCUT2D eigenvalue weighted by Crippen LogP contribution is -2.35. The summed E-state index contributed by atoms with van der Waals surface area (Å²) >= 11 is 1.54. The van der Waals surface area contributed by atoms with Crippen LogP contribution < -0.4 is 5.73 Å². The number of ether oxygens (including phenoxy) is 2. The molecule has 0 atom stereocenters. The molecular weight excluding hydrogens is 253 g/mol. The van der Waals surface area contributed by atoms with Gasteiger partial charge in [0, 0.05) is 27.1 Å². The summed E-state index contributed by atoms with van der Waals surface area (Å²) in [5.74, 6) is -0.202. The zero-order chi connectivity index (χ0) is 12.5. The second kappa shape index (κ2) is 4.93. The Morgan fingerprint density at radius 2 is 2.28 bits per heavy atom. The minimum absolute atomic E-state index is 0.136. The summed E-state index contributed by atoms with van der Waals surface area (Å²) in [6, 6.07) is 5.11.